The lowest BCUT2D eigenvalue weighted by Crippen LogP contribution is -2.16. The molecule has 158 valence electrons. The van der Waals surface area contributed by atoms with Gasteiger partial charge in [0.25, 0.3) is 5.91 Å². The number of aryl methyl sites for hydroxylation is 1. The maximum Gasteiger partial charge on any atom is 0.389 e. The molecule has 1 aromatic carbocycles. The van der Waals surface area contributed by atoms with Crippen molar-refractivity contribution in [2.75, 3.05) is 5.32 Å². The first-order valence-electron chi connectivity index (χ1n) is 9.10. The quantitative estimate of drug-likeness (QED) is 0.313. The number of aromatic nitrogens is 5. The molecule has 0 radical (unpaired) electrons. The molecular weight excluding hydrogens is 470 g/mol. The van der Waals surface area contributed by atoms with E-state index in [9.17, 15) is 14.9 Å². The Labute approximate surface area is 183 Å². The number of hydrogen-bond acceptors (Lipinski definition) is 7. The predicted octanol–water partition coefficient (Wildman–Crippen LogP) is 3.40. The van der Waals surface area contributed by atoms with Gasteiger partial charge in [-0.3, -0.25) is 9.48 Å². The lowest BCUT2D eigenvalue weighted by molar-refractivity contribution is -0.389. The minimum absolute atomic E-state index is 0.0983. The first kappa shape index (κ1) is 20.5. The van der Waals surface area contributed by atoms with E-state index in [2.05, 4.69) is 36.6 Å². The number of nitrogens with one attached hydrogen (secondary N) is 1. The van der Waals surface area contributed by atoms with Crippen LogP contribution in [-0.4, -0.2) is 35.5 Å². The average Bonchev–Trinajstić information content (AvgIpc) is 3.45. The molecule has 3 aromatic heterocycles. The van der Waals surface area contributed by atoms with E-state index in [0.29, 0.717) is 23.6 Å². The van der Waals surface area contributed by atoms with E-state index < -0.39 is 10.8 Å². The number of nitrogens with zero attached hydrogens (tertiary/aromatic N) is 6. The van der Waals surface area contributed by atoms with Crippen molar-refractivity contribution < 1.29 is 14.2 Å². The molecule has 4 rings (SSSR count). The van der Waals surface area contributed by atoms with Gasteiger partial charge in [-0.05, 0) is 45.5 Å². The SMILES string of the molecule is Cc1onc(C(=O)Nc2ccc(Cn3cc(Br)cn3)cc2)c1Cn1ccc([N+](=O)[O-])n1. The summed E-state index contributed by atoms with van der Waals surface area (Å²) < 4.78 is 9.22. The third-order valence-electron chi connectivity index (χ3n) is 4.49. The zero-order valence-corrected chi connectivity index (χ0v) is 17.8. The highest BCUT2D eigenvalue weighted by molar-refractivity contribution is 9.10. The molecule has 0 aliphatic rings. The molecule has 0 spiro atoms. The lowest BCUT2D eigenvalue weighted by Gasteiger charge is -2.07. The molecule has 1 N–H and O–H groups in total. The second kappa shape index (κ2) is 8.52. The number of benzene rings is 1. The molecule has 0 saturated carbocycles. The number of halogens is 1. The van der Waals surface area contributed by atoms with E-state index in [1.54, 1.807) is 29.9 Å². The Hall–Kier alpha value is -3.80. The van der Waals surface area contributed by atoms with Crippen molar-refractivity contribution in [3.8, 4) is 0 Å². The van der Waals surface area contributed by atoms with Gasteiger partial charge in [0.05, 0.1) is 46.7 Å². The van der Waals surface area contributed by atoms with Crippen molar-refractivity contribution in [2.24, 2.45) is 0 Å². The highest BCUT2D eigenvalue weighted by Crippen LogP contribution is 2.19. The van der Waals surface area contributed by atoms with Crippen LogP contribution in [0, 0.1) is 17.0 Å². The van der Waals surface area contributed by atoms with Crippen molar-refractivity contribution in [2.45, 2.75) is 20.0 Å². The summed E-state index contributed by atoms with van der Waals surface area (Å²) in [6.45, 7) is 2.38. The van der Waals surface area contributed by atoms with Gasteiger partial charge in [0.2, 0.25) is 0 Å². The summed E-state index contributed by atoms with van der Waals surface area (Å²) in [6, 6.07) is 8.64. The monoisotopic (exact) mass is 485 g/mol. The molecule has 31 heavy (non-hydrogen) atoms. The van der Waals surface area contributed by atoms with Crippen molar-refractivity contribution >= 4 is 33.3 Å². The summed E-state index contributed by atoms with van der Waals surface area (Å²) >= 11 is 3.36. The first-order valence-corrected chi connectivity index (χ1v) is 9.89. The Kier molecular flexibility index (Phi) is 5.62. The molecule has 1 amide bonds. The first-order chi connectivity index (χ1) is 14.9. The van der Waals surface area contributed by atoms with Crippen LogP contribution in [-0.2, 0) is 13.1 Å². The summed E-state index contributed by atoms with van der Waals surface area (Å²) in [5.74, 6) is -0.288. The Balaban J connectivity index is 1.45. The van der Waals surface area contributed by atoms with Crippen molar-refractivity contribution in [3.05, 3.63) is 86.1 Å². The molecule has 0 bridgehead atoms. The Morgan fingerprint density at radius 1 is 1.23 bits per heavy atom. The van der Waals surface area contributed by atoms with Crippen LogP contribution in [0.1, 0.15) is 27.4 Å². The molecule has 0 unspecified atom stereocenters. The average molecular weight is 486 g/mol. The number of carbonyl (C=O) groups excluding carboxylic acids is 1. The van der Waals surface area contributed by atoms with Gasteiger partial charge in [0.15, 0.2) is 5.69 Å². The number of hydrogen-bond donors (Lipinski definition) is 1. The van der Waals surface area contributed by atoms with Crippen LogP contribution in [0.15, 0.2) is 57.9 Å². The minimum Gasteiger partial charge on any atom is -0.361 e. The summed E-state index contributed by atoms with van der Waals surface area (Å²) in [5, 5.41) is 25.5. The maximum atomic E-state index is 12.7. The molecular formula is C19H16BrN7O4. The van der Waals surface area contributed by atoms with Gasteiger partial charge in [-0.15, -0.1) is 0 Å². The van der Waals surface area contributed by atoms with Crippen LogP contribution >= 0.6 is 15.9 Å². The molecule has 12 heteroatoms. The summed E-state index contributed by atoms with van der Waals surface area (Å²) in [5.41, 5.74) is 2.21. The van der Waals surface area contributed by atoms with Crippen LogP contribution in [0.5, 0.6) is 0 Å². The second-order valence-electron chi connectivity index (χ2n) is 6.70. The number of nitro groups is 1. The number of rotatable bonds is 7. The van der Waals surface area contributed by atoms with E-state index in [4.69, 9.17) is 4.52 Å². The number of amides is 1. The molecule has 0 aliphatic heterocycles. The molecule has 3 heterocycles. The molecule has 0 aliphatic carbocycles. The molecule has 0 fully saturated rings. The van der Waals surface area contributed by atoms with Gasteiger partial charge in [-0.1, -0.05) is 17.3 Å². The predicted molar refractivity (Wildman–Crippen MR) is 113 cm³/mol. The topological polar surface area (TPSA) is 134 Å². The van der Waals surface area contributed by atoms with E-state index in [-0.39, 0.29) is 18.1 Å². The zero-order chi connectivity index (χ0) is 22.0. The third-order valence-corrected chi connectivity index (χ3v) is 4.90. The zero-order valence-electron chi connectivity index (χ0n) is 16.2. The molecule has 0 atom stereocenters. The summed E-state index contributed by atoms with van der Waals surface area (Å²) in [7, 11) is 0. The van der Waals surface area contributed by atoms with Gasteiger partial charge < -0.3 is 20.0 Å². The fourth-order valence-corrected chi connectivity index (χ4v) is 3.28. The normalized spacial score (nSPS) is 10.9. The smallest absolute Gasteiger partial charge is 0.361 e. The van der Waals surface area contributed by atoms with Crippen LogP contribution in [0.2, 0.25) is 0 Å². The van der Waals surface area contributed by atoms with E-state index in [1.165, 1.54) is 16.9 Å². The highest BCUT2D eigenvalue weighted by atomic mass is 79.9. The second-order valence-corrected chi connectivity index (χ2v) is 7.62. The van der Waals surface area contributed by atoms with Crippen molar-refractivity contribution in [1.82, 2.24) is 24.7 Å². The van der Waals surface area contributed by atoms with E-state index >= 15 is 0 Å². The number of anilines is 1. The Morgan fingerprint density at radius 3 is 2.65 bits per heavy atom. The van der Waals surface area contributed by atoms with Crippen LogP contribution in [0.25, 0.3) is 0 Å². The fourth-order valence-electron chi connectivity index (χ4n) is 2.95. The van der Waals surface area contributed by atoms with E-state index in [0.717, 1.165) is 10.0 Å². The van der Waals surface area contributed by atoms with Gasteiger partial charge in [-0.25, -0.2) is 0 Å². The van der Waals surface area contributed by atoms with Crippen LogP contribution in [0.3, 0.4) is 0 Å². The minimum atomic E-state index is -0.584. The highest BCUT2D eigenvalue weighted by Gasteiger charge is 2.22. The Bertz CT molecular complexity index is 1240. The largest absolute Gasteiger partial charge is 0.389 e. The van der Waals surface area contributed by atoms with Gasteiger partial charge in [0, 0.05) is 11.9 Å². The van der Waals surface area contributed by atoms with Gasteiger partial charge >= 0.3 is 5.82 Å². The van der Waals surface area contributed by atoms with Crippen LogP contribution < -0.4 is 5.32 Å². The van der Waals surface area contributed by atoms with E-state index in [1.807, 2.05) is 18.3 Å². The molecule has 0 saturated heterocycles. The standard InChI is InChI=1S/C19H16BrN7O4/c1-12-16(11-25-7-6-17(23-25)27(29)30)18(24-31-12)19(28)22-15-4-2-13(3-5-15)9-26-10-14(20)8-21-26/h2-8,10H,9,11H2,1H3,(H,22,28). The van der Waals surface area contributed by atoms with Crippen molar-refractivity contribution in [1.29, 1.82) is 0 Å². The fraction of sp³-hybridized carbons (Fsp3) is 0.158. The number of carbonyl (C=O) groups is 1. The molecule has 11 nitrogen and oxygen atoms in total. The Morgan fingerprint density at radius 2 is 2.00 bits per heavy atom. The molecule has 4 aromatic rings. The summed E-state index contributed by atoms with van der Waals surface area (Å²) in [4.78, 5) is 23.0. The maximum absolute atomic E-state index is 12.7. The van der Waals surface area contributed by atoms with Gasteiger partial charge in [-0.2, -0.15) is 9.78 Å². The van der Waals surface area contributed by atoms with Gasteiger partial charge in [0.1, 0.15) is 5.76 Å². The van der Waals surface area contributed by atoms with Crippen molar-refractivity contribution in [3.63, 3.8) is 0 Å². The lowest BCUT2D eigenvalue weighted by atomic mass is 10.1. The van der Waals surface area contributed by atoms with Crippen LogP contribution in [0.4, 0.5) is 11.5 Å². The summed E-state index contributed by atoms with van der Waals surface area (Å²) in [6.07, 6.45) is 5.05. The third kappa shape index (κ3) is 4.69.